The summed E-state index contributed by atoms with van der Waals surface area (Å²) in [6.07, 6.45) is 2.40. The predicted molar refractivity (Wildman–Crippen MR) is 40.9 cm³/mol. The van der Waals surface area contributed by atoms with Crippen LogP contribution in [-0.2, 0) is 0 Å². The van der Waals surface area contributed by atoms with Crippen molar-refractivity contribution in [2.45, 2.75) is 12.8 Å². The second-order valence-corrected chi connectivity index (χ2v) is 3.08. The molecular formula is C7H14N2O. The van der Waals surface area contributed by atoms with Crippen molar-refractivity contribution in [3.05, 3.63) is 4.91 Å². The average molecular weight is 142 g/mol. The van der Waals surface area contributed by atoms with Crippen LogP contribution < -0.4 is 0 Å². The maximum atomic E-state index is 9.91. The van der Waals surface area contributed by atoms with Gasteiger partial charge in [0.1, 0.15) is 0 Å². The summed E-state index contributed by atoms with van der Waals surface area (Å²) in [7, 11) is 2.09. The van der Waals surface area contributed by atoms with Gasteiger partial charge in [-0.1, -0.05) is 5.18 Å². The van der Waals surface area contributed by atoms with Crippen LogP contribution in [0.1, 0.15) is 12.8 Å². The van der Waals surface area contributed by atoms with Crippen LogP contribution >= 0.6 is 0 Å². The topological polar surface area (TPSA) is 32.7 Å². The summed E-state index contributed by atoms with van der Waals surface area (Å²) in [5.41, 5.74) is 0. The lowest BCUT2D eigenvalue weighted by Crippen LogP contribution is -2.33. The first-order valence-electron chi connectivity index (χ1n) is 3.80. The van der Waals surface area contributed by atoms with Crippen LogP contribution in [0.2, 0.25) is 0 Å². The number of piperidine rings is 1. The summed E-state index contributed by atoms with van der Waals surface area (Å²) >= 11 is 0. The highest BCUT2D eigenvalue weighted by molar-refractivity contribution is 4.71. The highest BCUT2D eigenvalue weighted by Gasteiger charge is 2.16. The van der Waals surface area contributed by atoms with E-state index in [1.807, 2.05) is 0 Å². The van der Waals surface area contributed by atoms with Gasteiger partial charge in [0.25, 0.3) is 0 Å². The van der Waals surface area contributed by atoms with Gasteiger partial charge >= 0.3 is 0 Å². The highest BCUT2D eigenvalue weighted by Crippen LogP contribution is 2.14. The molecule has 1 heterocycles. The zero-order valence-corrected chi connectivity index (χ0v) is 6.42. The van der Waals surface area contributed by atoms with Crippen molar-refractivity contribution >= 4 is 0 Å². The molecule has 0 spiro atoms. The van der Waals surface area contributed by atoms with Gasteiger partial charge in [0, 0.05) is 6.54 Å². The maximum absolute atomic E-state index is 9.91. The van der Waals surface area contributed by atoms with Crippen molar-refractivity contribution in [3.8, 4) is 0 Å². The van der Waals surface area contributed by atoms with Crippen molar-refractivity contribution in [2.75, 3.05) is 26.7 Å². The molecule has 0 aliphatic carbocycles. The van der Waals surface area contributed by atoms with Crippen molar-refractivity contribution in [1.82, 2.24) is 4.90 Å². The number of likely N-dealkylation sites (tertiary alicyclic amines) is 1. The molecule has 3 heteroatoms. The standard InChI is InChI=1S/C7H14N2O/c1-9-4-2-3-7(6-9)5-8-10/h7H,2-6H2,1H3/t7-/m0/s1. The van der Waals surface area contributed by atoms with Gasteiger partial charge in [-0.2, -0.15) is 4.91 Å². The van der Waals surface area contributed by atoms with Gasteiger partial charge in [-0.25, -0.2) is 0 Å². The largest absolute Gasteiger partial charge is 0.306 e. The summed E-state index contributed by atoms with van der Waals surface area (Å²) in [4.78, 5) is 12.2. The van der Waals surface area contributed by atoms with E-state index in [0.717, 1.165) is 6.54 Å². The Balaban J connectivity index is 2.24. The molecule has 0 aromatic carbocycles. The van der Waals surface area contributed by atoms with Gasteiger partial charge in [-0.3, -0.25) is 0 Å². The third-order valence-electron chi connectivity index (χ3n) is 2.05. The summed E-state index contributed by atoms with van der Waals surface area (Å²) in [5.74, 6) is 0.524. The van der Waals surface area contributed by atoms with E-state index in [1.54, 1.807) is 0 Å². The number of hydrogen-bond donors (Lipinski definition) is 0. The van der Waals surface area contributed by atoms with Gasteiger partial charge in [-0.15, -0.1) is 0 Å². The molecule has 58 valence electrons. The maximum Gasteiger partial charge on any atom is 0.0851 e. The van der Waals surface area contributed by atoms with Gasteiger partial charge in [0.15, 0.2) is 0 Å². The molecule has 1 atom stereocenters. The lowest BCUT2D eigenvalue weighted by molar-refractivity contribution is 0.214. The molecule has 0 N–H and O–H groups in total. The first kappa shape index (κ1) is 7.66. The summed E-state index contributed by atoms with van der Waals surface area (Å²) in [6, 6.07) is 0. The monoisotopic (exact) mass is 142 g/mol. The van der Waals surface area contributed by atoms with Gasteiger partial charge < -0.3 is 4.90 Å². The third-order valence-corrected chi connectivity index (χ3v) is 2.05. The quantitative estimate of drug-likeness (QED) is 0.541. The van der Waals surface area contributed by atoms with Crippen LogP contribution in [0, 0.1) is 10.8 Å². The Bertz CT molecular complexity index is 116. The molecule has 0 unspecified atom stereocenters. The fourth-order valence-electron chi connectivity index (χ4n) is 1.53. The molecule has 0 bridgehead atoms. The first-order chi connectivity index (χ1) is 4.83. The third kappa shape index (κ3) is 2.06. The smallest absolute Gasteiger partial charge is 0.0851 e. The Kier molecular flexibility index (Phi) is 2.81. The minimum Gasteiger partial charge on any atom is -0.306 e. The fraction of sp³-hybridized carbons (Fsp3) is 1.00. The van der Waals surface area contributed by atoms with E-state index in [9.17, 15) is 4.91 Å². The normalized spacial score (nSPS) is 28.3. The second kappa shape index (κ2) is 3.66. The number of hydrogen-bond acceptors (Lipinski definition) is 3. The molecule has 1 rings (SSSR count). The van der Waals surface area contributed by atoms with E-state index >= 15 is 0 Å². The molecule has 10 heavy (non-hydrogen) atoms. The van der Waals surface area contributed by atoms with Crippen LogP contribution in [0.4, 0.5) is 0 Å². The van der Waals surface area contributed by atoms with Crippen LogP contribution in [0.15, 0.2) is 5.18 Å². The van der Waals surface area contributed by atoms with Crippen LogP contribution in [-0.4, -0.2) is 31.6 Å². The molecule has 0 saturated carbocycles. The Labute approximate surface area is 61.4 Å². The Morgan fingerprint density at radius 3 is 3.10 bits per heavy atom. The SMILES string of the molecule is CN1CCC[C@@H](CN=O)C1. The lowest BCUT2D eigenvalue weighted by Gasteiger charge is -2.27. The molecule has 1 saturated heterocycles. The van der Waals surface area contributed by atoms with E-state index in [4.69, 9.17) is 0 Å². The molecule has 0 aromatic rings. The van der Waals surface area contributed by atoms with Crippen molar-refractivity contribution < 1.29 is 0 Å². The van der Waals surface area contributed by atoms with E-state index < -0.39 is 0 Å². The minimum absolute atomic E-state index is 0.504. The highest BCUT2D eigenvalue weighted by atomic mass is 16.3. The minimum atomic E-state index is 0.504. The molecule has 1 aliphatic heterocycles. The van der Waals surface area contributed by atoms with Crippen molar-refractivity contribution in [3.63, 3.8) is 0 Å². The van der Waals surface area contributed by atoms with E-state index in [-0.39, 0.29) is 0 Å². The number of nitroso groups, excluding NO2 is 1. The second-order valence-electron chi connectivity index (χ2n) is 3.08. The molecule has 1 fully saturated rings. The predicted octanol–water partition coefficient (Wildman–Crippen LogP) is 1.09. The Morgan fingerprint density at radius 2 is 2.50 bits per heavy atom. The van der Waals surface area contributed by atoms with Crippen LogP contribution in [0.5, 0.6) is 0 Å². The zero-order valence-electron chi connectivity index (χ0n) is 6.42. The van der Waals surface area contributed by atoms with Crippen LogP contribution in [0.25, 0.3) is 0 Å². The van der Waals surface area contributed by atoms with E-state index in [1.165, 1.54) is 19.4 Å². The van der Waals surface area contributed by atoms with E-state index in [2.05, 4.69) is 17.1 Å². The Hall–Kier alpha value is -0.440. The molecule has 1 aliphatic rings. The lowest BCUT2D eigenvalue weighted by atomic mass is 9.99. The number of rotatable bonds is 2. The molecule has 3 nitrogen and oxygen atoms in total. The fourth-order valence-corrected chi connectivity index (χ4v) is 1.53. The molecule has 0 amide bonds. The Morgan fingerprint density at radius 1 is 1.70 bits per heavy atom. The molecular weight excluding hydrogens is 128 g/mol. The van der Waals surface area contributed by atoms with Gasteiger partial charge in [-0.05, 0) is 32.4 Å². The average Bonchev–Trinajstić information content (AvgIpc) is 1.88. The number of nitrogens with zero attached hydrogens (tertiary/aromatic N) is 2. The molecule has 0 radical (unpaired) electrons. The zero-order chi connectivity index (χ0) is 7.40. The van der Waals surface area contributed by atoms with Crippen molar-refractivity contribution in [2.24, 2.45) is 11.1 Å². The van der Waals surface area contributed by atoms with Gasteiger partial charge in [0.05, 0.1) is 6.54 Å². The van der Waals surface area contributed by atoms with Crippen molar-refractivity contribution in [1.29, 1.82) is 0 Å². The van der Waals surface area contributed by atoms with Crippen LogP contribution in [0.3, 0.4) is 0 Å². The summed E-state index contributed by atoms with van der Waals surface area (Å²) in [6.45, 7) is 2.73. The summed E-state index contributed by atoms with van der Waals surface area (Å²) < 4.78 is 0. The summed E-state index contributed by atoms with van der Waals surface area (Å²) in [5, 5.41) is 2.92. The first-order valence-corrected chi connectivity index (χ1v) is 3.80. The van der Waals surface area contributed by atoms with Gasteiger partial charge in [0.2, 0.25) is 0 Å². The molecule has 0 aromatic heterocycles. The van der Waals surface area contributed by atoms with E-state index in [0.29, 0.717) is 12.5 Å².